The van der Waals surface area contributed by atoms with Gasteiger partial charge in [-0.1, -0.05) is 12.2 Å². The van der Waals surface area contributed by atoms with Gasteiger partial charge in [-0.05, 0) is 12.8 Å². The number of methoxy groups -OCH3 is 1. The average Bonchev–Trinajstić information content (AvgIpc) is 2.29. The Labute approximate surface area is 96.6 Å². The lowest BCUT2D eigenvalue weighted by Gasteiger charge is -2.25. The van der Waals surface area contributed by atoms with E-state index in [1.54, 1.807) is 7.11 Å². The smallest absolute Gasteiger partial charge is 0.137 e. The topological polar surface area (TPSA) is 27.7 Å². The molecule has 0 fully saturated rings. The van der Waals surface area contributed by atoms with Crippen molar-refractivity contribution in [2.45, 2.75) is 24.9 Å². The highest BCUT2D eigenvalue weighted by molar-refractivity contribution is 4.98. The monoisotopic (exact) mass is 232 g/mol. The molecule has 0 amide bonds. The molecule has 0 saturated heterocycles. The molecule has 94 valence electrons. The Bertz CT molecular complexity index is 208. The maximum atomic E-state index is 14.0. The molecule has 0 aromatic rings. The van der Waals surface area contributed by atoms with Gasteiger partial charge in [0.15, 0.2) is 0 Å². The van der Waals surface area contributed by atoms with E-state index in [-0.39, 0.29) is 6.61 Å². The average molecular weight is 232 g/mol. The first kappa shape index (κ1) is 13.6. The summed E-state index contributed by atoms with van der Waals surface area (Å²) >= 11 is 0. The Kier molecular flexibility index (Phi) is 6.61. The summed E-state index contributed by atoms with van der Waals surface area (Å²) < 4.78 is 29.3. The van der Waals surface area contributed by atoms with Gasteiger partial charge in [-0.3, -0.25) is 0 Å². The van der Waals surface area contributed by atoms with Crippen molar-refractivity contribution in [2.24, 2.45) is 0 Å². The number of hydrogen-bond donors (Lipinski definition) is 0. The molecular weight excluding hydrogens is 211 g/mol. The first-order valence-electron chi connectivity index (χ1n) is 5.75. The van der Waals surface area contributed by atoms with E-state index in [1.165, 1.54) is 0 Å². The van der Waals surface area contributed by atoms with Crippen LogP contribution in [0.3, 0.4) is 0 Å². The van der Waals surface area contributed by atoms with E-state index in [1.807, 2.05) is 12.2 Å². The minimum atomic E-state index is -1.17. The molecule has 0 bridgehead atoms. The summed E-state index contributed by atoms with van der Waals surface area (Å²) in [5.41, 5.74) is -1.17. The van der Waals surface area contributed by atoms with E-state index in [9.17, 15) is 4.39 Å². The van der Waals surface area contributed by atoms with Gasteiger partial charge in [0.2, 0.25) is 0 Å². The predicted molar refractivity (Wildman–Crippen MR) is 60.3 cm³/mol. The Balaban J connectivity index is 1.96. The van der Waals surface area contributed by atoms with Gasteiger partial charge in [0.05, 0.1) is 33.0 Å². The Morgan fingerprint density at radius 3 is 2.56 bits per heavy atom. The molecule has 16 heavy (non-hydrogen) atoms. The molecular formula is C12H21FO3. The summed E-state index contributed by atoms with van der Waals surface area (Å²) in [4.78, 5) is 0. The molecule has 0 unspecified atom stereocenters. The van der Waals surface area contributed by atoms with Crippen molar-refractivity contribution in [1.29, 1.82) is 0 Å². The lowest BCUT2D eigenvalue weighted by molar-refractivity contribution is -0.0217. The van der Waals surface area contributed by atoms with Crippen molar-refractivity contribution in [1.82, 2.24) is 0 Å². The Morgan fingerprint density at radius 2 is 1.88 bits per heavy atom. The predicted octanol–water partition coefficient (Wildman–Crippen LogP) is 2.11. The van der Waals surface area contributed by atoms with E-state index in [2.05, 4.69) is 0 Å². The van der Waals surface area contributed by atoms with Crippen LogP contribution < -0.4 is 0 Å². The van der Waals surface area contributed by atoms with Gasteiger partial charge in [0.25, 0.3) is 0 Å². The van der Waals surface area contributed by atoms with Crippen molar-refractivity contribution in [2.75, 3.05) is 40.1 Å². The van der Waals surface area contributed by atoms with Gasteiger partial charge in [0, 0.05) is 13.5 Å². The highest BCUT2D eigenvalue weighted by atomic mass is 19.1. The molecule has 0 spiro atoms. The molecule has 0 aliphatic heterocycles. The third kappa shape index (κ3) is 5.58. The molecule has 1 aliphatic carbocycles. The fourth-order valence-corrected chi connectivity index (χ4v) is 1.60. The van der Waals surface area contributed by atoms with E-state index >= 15 is 0 Å². The van der Waals surface area contributed by atoms with Crippen LogP contribution in [0.1, 0.15) is 19.3 Å². The van der Waals surface area contributed by atoms with E-state index in [0.29, 0.717) is 39.3 Å². The van der Waals surface area contributed by atoms with Crippen LogP contribution in [0.2, 0.25) is 0 Å². The third-order valence-electron chi connectivity index (χ3n) is 2.57. The van der Waals surface area contributed by atoms with Crippen molar-refractivity contribution in [3.05, 3.63) is 12.2 Å². The van der Waals surface area contributed by atoms with Crippen LogP contribution >= 0.6 is 0 Å². The van der Waals surface area contributed by atoms with Crippen LogP contribution in [0.15, 0.2) is 12.2 Å². The summed E-state index contributed by atoms with van der Waals surface area (Å²) in [6, 6.07) is 0. The van der Waals surface area contributed by atoms with Crippen molar-refractivity contribution in [3.8, 4) is 0 Å². The van der Waals surface area contributed by atoms with E-state index in [0.717, 1.165) is 6.42 Å². The summed E-state index contributed by atoms with van der Waals surface area (Å²) in [6.07, 6.45) is 5.75. The molecule has 1 atom stereocenters. The van der Waals surface area contributed by atoms with Crippen LogP contribution in [-0.4, -0.2) is 45.8 Å². The number of allylic oxidation sites excluding steroid dienone is 2. The zero-order valence-corrected chi connectivity index (χ0v) is 9.91. The van der Waals surface area contributed by atoms with Gasteiger partial charge in [-0.2, -0.15) is 0 Å². The van der Waals surface area contributed by atoms with Crippen LogP contribution in [0.5, 0.6) is 0 Å². The van der Waals surface area contributed by atoms with Gasteiger partial charge >= 0.3 is 0 Å². The number of hydrogen-bond acceptors (Lipinski definition) is 3. The molecule has 0 aromatic carbocycles. The zero-order chi connectivity index (χ0) is 11.7. The fourth-order valence-electron chi connectivity index (χ4n) is 1.60. The number of ether oxygens (including phenoxy) is 3. The SMILES string of the molecule is COCCOCCOC[C@@]1(F)CC=CCC1. The molecule has 0 radical (unpaired) electrons. The van der Waals surface area contributed by atoms with Crippen molar-refractivity contribution < 1.29 is 18.6 Å². The lowest BCUT2D eigenvalue weighted by Crippen LogP contribution is -2.31. The first-order valence-corrected chi connectivity index (χ1v) is 5.75. The number of halogens is 1. The Hall–Kier alpha value is -0.450. The fraction of sp³-hybridized carbons (Fsp3) is 0.833. The van der Waals surface area contributed by atoms with Crippen LogP contribution in [0.25, 0.3) is 0 Å². The summed E-state index contributed by atoms with van der Waals surface area (Å²) in [6.45, 7) is 2.25. The minimum absolute atomic E-state index is 0.172. The highest BCUT2D eigenvalue weighted by Crippen LogP contribution is 2.27. The standard InChI is InChI=1S/C12H21FO3/c1-14-7-8-15-9-10-16-11-12(13)5-3-2-4-6-12/h2-3H,4-11H2,1H3/t12-/m1/s1. The molecule has 0 aromatic heterocycles. The summed E-state index contributed by atoms with van der Waals surface area (Å²) in [7, 11) is 1.63. The highest BCUT2D eigenvalue weighted by Gasteiger charge is 2.29. The number of alkyl halides is 1. The zero-order valence-electron chi connectivity index (χ0n) is 9.91. The Morgan fingerprint density at radius 1 is 1.12 bits per heavy atom. The summed E-state index contributed by atoms with van der Waals surface area (Å²) in [5.74, 6) is 0. The normalized spacial score (nSPS) is 24.9. The molecule has 4 heteroatoms. The number of rotatable bonds is 8. The van der Waals surface area contributed by atoms with Gasteiger partial charge in [-0.25, -0.2) is 4.39 Å². The maximum Gasteiger partial charge on any atom is 0.137 e. The van der Waals surface area contributed by atoms with Crippen LogP contribution in [-0.2, 0) is 14.2 Å². The molecule has 1 rings (SSSR count). The summed E-state index contributed by atoms with van der Waals surface area (Å²) in [5, 5.41) is 0. The van der Waals surface area contributed by atoms with Gasteiger partial charge < -0.3 is 14.2 Å². The maximum absolute atomic E-state index is 14.0. The second-order valence-electron chi connectivity index (χ2n) is 4.02. The molecule has 0 N–H and O–H groups in total. The van der Waals surface area contributed by atoms with Crippen LogP contribution in [0, 0.1) is 0 Å². The largest absolute Gasteiger partial charge is 0.382 e. The molecule has 1 aliphatic rings. The van der Waals surface area contributed by atoms with Gasteiger partial charge in [0.1, 0.15) is 5.67 Å². The van der Waals surface area contributed by atoms with Crippen molar-refractivity contribution >= 4 is 0 Å². The quantitative estimate of drug-likeness (QED) is 0.474. The van der Waals surface area contributed by atoms with E-state index in [4.69, 9.17) is 14.2 Å². The second-order valence-corrected chi connectivity index (χ2v) is 4.02. The molecule has 3 nitrogen and oxygen atoms in total. The van der Waals surface area contributed by atoms with E-state index < -0.39 is 5.67 Å². The molecule has 0 heterocycles. The minimum Gasteiger partial charge on any atom is -0.382 e. The first-order chi connectivity index (χ1) is 7.77. The van der Waals surface area contributed by atoms with Gasteiger partial charge in [-0.15, -0.1) is 0 Å². The second kappa shape index (κ2) is 7.76. The molecule has 0 saturated carbocycles. The van der Waals surface area contributed by atoms with Crippen LogP contribution in [0.4, 0.5) is 4.39 Å². The third-order valence-corrected chi connectivity index (χ3v) is 2.57. The lowest BCUT2D eigenvalue weighted by atomic mass is 9.92. The van der Waals surface area contributed by atoms with Crippen molar-refractivity contribution in [3.63, 3.8) is 0 Å².